The molecule has 0 saturated carbocycles. The molecule has 15 nitrogen and oxygen atoms in total. The van der Waals surface area contributed by atoms with Crippen molar-refractivity contribution in [3.8, 4) is 22.4 Å². The second-order valence-corrected chi connectivity index (χ2v) is 19.1. The fourth-order valence-corrected chi connectivity index (χ4v) is 9.91. The second kappa shape index (κ2) is 19.9. The Bertz CT molecular complexity index is 2500. The molecule has 3 aliphatic rings. The summed E-state index contributed by atoms with van der Waals surface area (Å²) in [4.78, 5) is 76.9. The van der Waals surface area contributed by atoms with E-state index in [1.807, 2.05) is 37.3 Å². The zero-order valence-corrected chi connectivity index (χ0v) is 39.5. The molecule has 6 atom stereocenters. The van der Waals surface area contributed by atoms with Crippen LogP contribution in [0.25, 0.3) is 33.3 Å². The number of aromatic nitrogens is 2. The summed E-state index contributed by atoms with van der Waals surface area (Å²) in [6, 6.07) is 15.5. The normalized spacial score (nSPS) is 22.1. The molecular formula is C51H65N7O8. The number of methoxy groups -OCH3 is 1. The Balaban J connectivity index is 1.29. The Morgan fingerprint density at radius 2 is 1.85 bits per heavy atom. The lowest BCUT2D eigenvalue weighted by atomic mass is 9.84. The number of pyridine rings is 1. The lowest BCUT2D eigenvalue weighted by Crippen LogP contribution is -2.62. The lowest BCUT2D eigenvalue weighted by Gasteiger charge is -2.37. The molecule has 6 bridgehead atoms. The number of hydrogen-bond donors (Lipinski definition) is 3. The number of rotatable bonds is 10. The summed E-state index contributed by atoms with van der Waals surface area (Å²) >= 11 is 0. The predicted octanol–water partition coefficient (Wildman–Crippen LogP) is 5.23. The van der Waals surface area contributed by atoms with Crippen molar-refractivity contribution in [3.63, 3.8) is 0 Å². The number of cyclic esters (lactones) is 1. The Morgan fingerprint density at radius 3 is 2.56 bits per heavy atom. The van der Waals surface area contributed by atoms with Gasteiger partial charge in [-0.1, -0.05) is 64.6 Å². The van der Waals surface area contributed by atoms with Crippen molar-refractivity contribution in [2.75, 3.05) is 40.4 Å². The van der Waals surface area contributed by atoms with Gasteiger partial charge in [-0.05, 0) is 91.6 Å². The maximum atomic E-state index is 14.7. The third-order valence-corrected chi connectivity index (χ3v) is 13.4. The van der Waals surface area contributed by atoms with Crippen LogP contribution < -0.4 is 10.7 Å². The molecule has 15 heteroatoms. The lowest BCUT2D eigenvalue weighted by molar-refractivity contribution is -0.155. The molecule has 66 heavy (non-hydrogen) atoms. The summed E-state index contributed by atoms with van der Waals surface area (Å²) in [6.45, 7) is 16.5. The van der Waals surface area contributed by atoms with Gasteiger partial charge in [-0.15, -0.1) is 0 Å². The zero-order chi connectivity index (χ0) is 47.6. The first-order valence-electron chi connectivity index (χ1n) is 23.1. The molecular weight excluding hydrogens is 839 g/mol. The van der Waals surface area contributed by atoms with Crippen molar-refractivity contribution in [3.05, 3.63) is 90.3 Å². The summed E-state index contributed by atoms with van der Waals surface area (Å²) in [5.41, 5.74) is 10.3. The number of hydrazine groups is 1. The second-order valence-electron chi connectivity index (χ2n) is 19.1. The van der Waals surface area contributed by atoms with Crippen molar-refractivity contribution >= 4 is 40.5 Å². The summed E-state index contributed by atoms with van der Waals surface area (Å²) < 4.78 is 14.2. The number of amides is 4. The van der Waals surface area contributed by atoms with Crippen LogP contribution in [0.3, 0.4) is 0 Å². The Morgan fingerprint density at radius 1 is 1.09 bits per heavy atom. The van der Waals surface area contributed by atoms with E-state index in [2.05, 4.69) is 66.9 Å². The molecule has 2 fully saturated rings. The molecule has 0 aliphatic carbocycles. The fraction of sp³-hybridized carbons (Fsp3) is 0.490. The van der Waals surface area contributed by atoms with Gasteiger partial charge in [-0.25, -0.2) is 5.43 Å². The molecule has 352 valence electrons. The number of ether oxygens (including phenoxy) is 2. The number of fused-ring (bicyclic) bond motifs is 6. The maximum absolute atomic E-state index is 14.7. The van der Waals surface area contributed by atoms with E-state index in [4.69, 9.17) is 14.5 Å². The SMILES string of the molecule is C=CC(=O)N1C[C@@H](O)[C@H](C(=O)N(C)[C@H](C(=O)N[C@H]2Cc3cccc(c3)-c3ccc4c(c3)c(c(-c3cccnc3[C@H](C)OC)n4CC)CC(C)(C)COC(=O)[C@@H]3CCCN(N3)C2=O)C(C)C)C1. The number of esters is 1. The first-order chi connectivity index (χ1) is 31.5. The van der Waals surface area contributed by atoms with E-state index < -0.39 is 71.1 Å². The smallest absolute Gasteiger partial charge is 0.324 e. The van der Waals surface area contributed by atoms with E-state index in [9.17, 15) is 29.1 Å². The van der Waals surface area contributed by atoms with Gasteiger partial charge in [-0.2, -0.15) is 0 Å². The standard InChI is InChI=1S/C51H65N7O8/c1-10-43(60)56-27-38(42(59)28-56)48(62)55(8)45(30(3)4)47(61)53-40-24-32-15-12-16-33(23-32)34-19-20-41-36(25-34)37(46(57(41)11-2)35-17-13-21-52-44(35)31(5)65-9)26-51(6,7)29-66-50(64)39-18-14-22-58(54-39)49(40)63/h10,12-13,15-17,19-21,23,25,30-31,38-40,42,45,54,59H,1,11,14,18,22,24,26-29H2,2-9H3,(H,53,61)/t31-,38+,39-,40-,42+,45-/m0/s1. The number of aliphatic hydroxyl groups is 1. The number of hydrogen-bond acceptors (Lipinski definition) is 10. The monoisotopic (exact) mass is 903 g/mol. The summed E-state index contributed by atoms with van der Waals surface area (Å²) in [5, 5.41) is 16.3. The van der Waals surface area contributed by atoms with Crippen molar-refractivity contribution in [2.45, 2.75) is 104 Å². The van der Waals surface area contributed by atoms with Crippen LogP contribution in [0.15, 0.2) is 73.4 Å². The minimum absolute atomic E-state index is 0.0141. The minimum atomic E-state index is -1.12. The first kappa shape index (κ1) is 48.0. The first-order valence-corrected chi connectivity index (χ1v) is 23.1. The minimum Gasteiger partial charge on any atom is -0.464 e. The quantitative estimate of drug-likeness (QED) is 0.141. The highest BCUT2D eigenvalue weighted by atomic mass is 16.5. The molecule has 4 amide bonds. The van der Waals surface area contributed by atoms with Gasteiger partial charge in [0, 0.05) is 74.8 Å². The van der Waals surface area contributed by atoms with E-state index in [-0.39, 0.29) is 32.2 Å². The molecule has 2 saturated heterocycles. The molecule has 4 aromatic rings. The molecule has 2 aromatic carbocycles. The van der Waals surface area contributed by atoms with E-state index in [0.717, 1.165) is 56.2 Å². The number of β-amino-alcohol motifs (C(OH)–C–C–N with tert-alkyl or cyclic N) is 1. The van der Waals surface area contributed by atoms with E-state index >= 15 is 0 Å². The number of aliphatic hydroxyl groups excluding tert-OH is 1. The van der Waals surface area contributed by atoms with E-state index in [1.54, 1.807) is 27.2 Å². The molecule has 3 N–H and O–H groups in total. The number of nitrogens with one attached hydrogen (secondary N) is 2. The number of carbonyl (C=O) groups excluding carboxylic acids is 5. The highest BCUT2D eigenvalue weighted by molar-refractivity contribution is 5.96. The third-order valence-electron chi connectivity index (χ3n) is 13.4. The largest absolute Gasteiger partial charge is 0.464 e. The summed E-state index contributed by atoms with van der Waals surface area (Å²) in [6.07, 6.45) is 3.19. The van der Waals surface area contributed by atoms with Gasteiger partial charge >= 0.3 is 5.97 Å². The van der Waals surface area contributed by atoms with Gasteiger partial charge in [0.2, 0.25) is 17.7 Å². The summed E-state index contributed by atoms with van der Waals surface area (Å²) in [5.74, 6) is -3.69. The van der Waals surface area contributed by atoms with Crippen molar-refractivity contribution < 1.29 is 38.6 Å². The predicted molar refractivity (Wildman–Crippen MR) is 251 cm³/mol. The van der Waals surface area contributed by atoms with Gasteiger partial charge in [0.05, 0.1) is 36.1 Å². The van der Waals surface area contributed by atoms with Crippen LogP contribution in [0.5, 0.6) is 0 Å². The molecule has 3 aliphatic heterocycles. The highest BCUT2D eigenvalue weighted by Gasteiger charge is 2.43. The number of nitrogens with zero attached hydrogens (tertiary/aromatic N) is 5. The molecule has 0 radical (unpaired) electrons. The van der Waals surface area contributed by atoms with Crippen molar-refractivity contribution in [1.82, 2.24) is 35.1 Å². The van der Waals surface area contributed by atoms with Gasteiger partial charge in [0.25, 0.3) is 5.91 Å². The van der Waals surface area contributed by atoms with Gasteiger partial charge in [0.1, 0.15) is 18.1 Å². The van der Waals surface area contributed by atoms with Crippen LogP contribution >= 0.6 is 0 Å². The van der Waals surface area contributed by atoms with Gasteiger partial charge in [0.15, 0.2) is 0 Å². The molecule has 0 spiro atoms. The van der Waals surface area contributed by atoms with Crippen molar-refractivity contribution in [2.24, 2.45) is 17.3 Å². The van der Waals surface area contributed by atoms with Crippen LogP contribution in [0.2, 0.25) is 0 Å². The van der Waals surface area contributed by atoms with E-state index in [1.165, 1.54) is 21.9 Å². The number of carbonyl (C=O) groups is 5. The van der Waals surface area contributed by atoms with Gasteiger partial charge < -0.3 is 34.3 Å². The number of likely N-dealkylation sites (N-methyl/N-ethyl adjacent to an activating group) is 1. The molecule has 2 aromatic heterocycles. The van der Waals surface area contributed by atoms with Crippen LogP contribution in [0, 0.1) is 17.3 Å². The average Bonchev–Trinajstić information content (AvgIpc) is 3.85. The van der Waals surface area contributed by atoms with Crippen LogP contribution in [-0.4, -0.2) is 124 Å². The maximum Gasteiger partial charge on any atom is 0.324 e. The fourth-order valence-electron chi connectivity index (χ4n) is 9.91. The molecule has 0 unspecified atom stereocenters. The number of aryl methyl sites for hydroxylation is 1. The Labute approximate surface area is 387 Å². The van der Waals surface area contributed by atoms with Crippen molar-refractivity contribution in [1.29, 1.82) is 0 Å². The van der Waals surface area contributed by atoms with Crippen LogP contribution in [0.1, 0.15) is 77.3 Å². The molecule has 5 heterocycles. The van der Waals surface area contributed by atoms with E-state index in [0.29, 0.717) is 32.4 Å². The zero-order valence-electron chi connectivity index (χ0n) is 39.5. The van der Waals surface area contributed by atoms with Crippen LogP contribution in [0.4, 0.5) is 0 Å². The highest BCUT2D eigenvalue weighted by Crippen LogP contribution is 2.42. The van der Waals surface area contributed by atoms with Crippen LogP contribution in [-0.2, 0) is 52.8 Å². The third kappa shape index (κ3) is 9.79. The van der Waals surface area contributed by atoms with Gasteiger partial charge in [-0.3, -0.25) is 34.0 Å². The topological polar surface area (TPSA) is 176 Å². The average molecular weight is 904 g/mol. The Kier molecular flexibility index (Phi) is 14.5. The summed E-state index contributed by atoms with van der Waals surface area (Å²) in [7, 11) is 3.19. The Hall–Kier alpha value is -5.90. The number of likely N-dealkylation sites (tertiary alicyclic amines) is 1. The number of benzene rings is 2. The molecule has 7 rings (SSSR count).